The number of amides is 1. The van der Waals surface area contributed by atoms with Gasteiger partial charge in [0.2, 0.25) is 0 Å². The Morgan fingerprint density at radius 1 is 1.40 bits per heavy atom. The Bertz CT molecular complexity index is 464. The zero-order chi connectivity index (χ0) is 14.4. The minimum absolute atomic E-state index is 0.000303. The quantitative estimate of drug-likeness (QED) is 0.810. The number of piperazine rings is 1. The predicted molar refractivity (Wildman–Crippen MR) is 77.7 cm³/mol. The minimum Gasteiger partial charge on any atom is -0.352 e. The van der Waals surface area contributed by atoms with Gasteiger partial charge in [0.05, 0.1) is 10.6 Å². The van der Waals surface area contributed by atoms with Gasteiger partial charge in [-0.15, -0.1) is 0 Å². The molecular weight excluding hydrogens is 281 g/mol. The summed E-state index contributed by atoms with van der Waals surface area (Å²) in [6.45, 7) is 5.59. The zero-order valence-corrected chi connectivity index (χ0v) is 12.0. The molecule has 6 heteroatoms. The summed E-state index contributed by atoms with van der Waals surface area (Å²) < 4.78 is 13.6. The van der Waals surface area contributed by atoms with Crippen molar-refractivity contribution in [3.8, 4) is 0 Å². The lowest BCUT2D eigenvalue weighted by molar-refractivity contribution is 0.0947. The highest BCUT2D eigenvalue weighted by Crippen LogP contribution is 2.17. The molecule has 1 heterocycles. The Morgan fingerprint density at radius 3 is 2.90 bits per heavy atom. The third-order valence-corrected chi connectivity index (χ3v) is 3.63. The summed E-state index contributed by atoms with van der Waals surface area (Å²) in [5.74, 6) is -1.07. The second-order valence-electron chi connectivity index (χ2n) is 4.80. The number of nitrogens with zero attached hydrogens (tertiary/aromatic N) is 1. The zero-order valence-electron chi connectivity index (χ0n) is 11.3. The van der Waals surface area contributed by atoms with E-state index in [4.69, 9.17) is 11.6 Å². The number of halogens is 2. The van der Waals surface area contributed by atoms with E-state index >= 15 is 0 Å². The normalized spacial score (nSPS) is 16.1. The fourth-order valence-electron chi connectivity index (χ4n) is 2.21. The largest absolute Gasteiger partial charge is 0.352 e. The summed E-state index contributed by atoms with van der Waals surface area (Å²) in [6.07, 6.45) is 0.855. The molecule has 0 unspecified atom stereocenters. The van der Waals surface area contributed by atoms with E-state index in [-0.39, 0.29) is 10.6 Å². The fraction of sp³-hybridized carbons (Fsp3) is 0.500. The molecule has 1 saturated heterocycles. The molecule has 0 aromatic heterocycles. The van der Waals surface area contributed by atoms with Crippen molar-refractivity contribution >= 4 is 17.5 Å². The van der Waals surface area contributed by atoms with Crippen LogP contribution in [0.25, 0.3) is 0 Å². The molecule has 1 aromatic rings. The molecule has 0 saturated carbocycles. The number of carbonyl (C=O) groups is 1. The van der Waals surface area contributed by atoms with Crippen LogP contribution in [0.1, 0.15) is 16.8 Å². The van der Waals surface area contributed by atoms with Crippen molar-refractivity contribution in [2.75, 3.05) is 39.3 Å². The van der Waals surface area contributed by atoms with Crippen LogP contribution in [0.2, 0.25) is 5.02 Å². The Labute approximate surface area is 123 Å². The molecule has 20 heavy (non-hydrogen) atoms. The van der Waals surface area contributed by atoms with Crippen LogP contribution in [-0.4, -0.2) is 50.1 Å². The molecule has 1 amide bonds. The first-order valence-electron chi connectivity index (χ1n) is 6.84. The van der Waals surface area contributed by atoms with Crippen molar-refractivity contribution in [1.29, 1.82) is 0 Å². The smallest absolute Gasteiger partial charge is 0.254 e. The number of rotatable bonds is 5. The highest BCUT2D eigenvalue weighted by atomic mass is 35.5. The number of hydrogen-bond acceptors (Lipinski definition) is 3. The molecule has 1 aromatic carbocycles. The molecule has 0 bridgehead atoms. The first kappa shape index (κ1) is 15.2. The third kappa shape index (κ3) is 4.16. The van der Waals surface area contributed by atoms with Gasteiger partial charge in [-0.3, -0.25) is 4.79 Å². The maximum atomic E-state index is 13.6. The topological polar surface area (TPSA) is 44.4 Å². The Hall–Kier alpha value is -1.17. The first-order chi connectivity index (χ1) is 9.68. The van der Waals surface area contributed by atoms with Gasteiger partial charge in [0, 0.05) is 32.7 Å². The highest BCUT2D eigenvalue weighted by Gasteiger charge is 2.14. The highest BCUT2D eigenvalue weighted by molar-refractivity contribution is 6.31. The van der Waals surface area contributed by atoms with Gasteiger partial charge in [-0.2, -0.15) is 0 Å². The molecule has 2 rings (SSSR count). The molecule has 1 fully saturated rings. The number of hydrogen-bond donors (Lipinski definition) is 2. The standard InChI is InChI=1S/C14H19ClFN3O/c15-12-4-1-3-11(13(12)16)14(20)18-5-2-8-19-9-6-17-7-10-19/h1,3-4,17H,2,5-10H2,(H,18,20). The Morgan fingerprint density at radius 2 is 2.15 bits per heavy atom. The lowest BCUT2D eigenvalue weighted by Crippen LogP contribution is -2.44. The lowest BCUT2D eigenvalue weighted by Gasteiger charge is -2.27. The van der Waals surface area contributed by atoms with Gasteiger partial charge in [0.1, 0.15) is 0 Å². The molecule has 4 nitrogen and oxygen atoms in total. The molecule has 1 aliphatic heterocycles. The van der Waals surface area contributed by atoms with Gasteiger partial charge in [0.25, 0.3) is 5.91 Å². The summed E-state index contributed by atoms with van der Waals surface area (Å²) in [5, 5.41) is 5.99. The van der Waals surface area contributed by atoms with Crippen LogP contribution in [-0.2, 0) is 0 Å². The second-order valence-corrected chi connectivity index (χ2v) is 5.21. The summed E-state index contributed by atoms with van der Waals surface area (Å²) in [6, 6.07) is 4.44. The molecule has 0 atom stereocenters. The summed E-state index contributed by atoms with van der Waals surface area (Å²) in [7, 11) is 0. The Kier molecular flexibility index (Phi) is 5.76. The van der Waals surface area contributed by atoms with Gasteiger partial charge in [-0.25, -0.2) is 4.39 Å². The fourth-order valence-corrected chi connectivity index (χ4v) is 2.39. The minimum atomic E-state index is -0.659. The molecule has 2 N–H and O–H groups in total. The van der Waals surface area contributed by atoms with Gasteiger partial charge in [-0.1, -0.05) is 17.7 Å². The van der Waals surface area contributed by atoms with E-state index in [1.54, 1.807) is 6.07 Å². The predicted octanol–water partition coefficient (Wildman–Crippen LogP) is 1.50. The number of benzene rings is 1. The van der Waals surface area contributed by atoms with Crippen LogP contribution in [0, 0.1) is 5.82 Å². The average molecular weight is 300 g/mol. The maximum Gasteiger partial charge on any atom is 0.254 e. The molecular formula is C14H19ClFN3O. The van der Waals surface area contributed by atoms with Gasteiger partial charge < -0.3 is 15.5 Å². The summed E-state index contributed by atoms with van der Waals surface area (Å²) in [4.78, 5) is 14.2. The molecule has 0 radical (unpaired) electrons. The average Bonchev–Trinajstić information content (AvgIpc) is 2.47. The van der Waals surface area contributed by atoms with E-state index < -0.39 is 11.7 Å². The molecule has 1 aliphatic rings. The number of nitrogens with one attached hydrogen (secondary N) is 2. The van der Waals surface area contributed by atoms with Gasteiger partial charge >= 0.3 is 0 Å². The first-order valence-corrected chi connectivity index (χ1v) is 7.21. The van der Waals surface area contributed by atoms with Crippen molar-refractivity contribution in [2.24, 2.45) is 0 Å². The van der Waals surface area contributed by atoms with Crippen LogP contribution in [0.3, 0.4) is 0 Å². The molecule has 110 valence electrons. The lowest BCUT2D eigenvalue weighted by atomic mass is 10.2. The maximum absolute atomic E-state index is 13.6. The van der Waals surface area contributed by atoms with Crippen LogP contribution < -0.4 is 10.6 Å². The Balaban J connectivity index is 1.73. The monoisotopic (exact) mass is 299 g/mol. The van der Waals surface area contributed by atoms with Crippen LogP contribution >= 0.6 is 11.6 Å². The van der Waals surface area contributed by atoms with E-state index in [9.17, 15) is 9.18 Å². The van der Waals surface area contributed by atoms with Crippen molar-refractivity contribution in [2.45, 2.75) is 6.42 Å². The number of carbonyl (C=O) groups excluding carboxylic acids is 1. The van der Waals surface area contributed by atoms with E-state index in [1.807, 2.05) is 0 Å². The van der Waals surface area contributed by atoms with E-state index in [0.717, 1.165) is 39.1 Å². The molecule has 0 aliphatic carbocycles. The van der Waals surface area contributed by atoms with Crippen LogP contribution in [0.5, 0.6) is 0 Å². The third-order valence-electron chi connectivity index (χ3n) is 3.34. The van der Waals surface area contributed by atoms with Crippen molar-refractivity contribution in [3.63, 3.8) is 0 Å². The second kappa shape index (κ2) is 7.57. The van der Waals surface area contributed by atoms with Gasteiger partial charge in [0.15, 0.2) is 5.82 Å². The van der Waals surface area contributed by atoms with Crippen molar-refractivity contribution in [1.82, 2.24) is 15.5 Å². The molecule has 0 spiro atoms. The van der Waals surface area contributed by atoms with E-state index in [1.165, 1.54) is 12.1 Å². The van der Waals surface area contributed by atoms with Crippen LogP contribution in [0.4, 0.5) is 4.39 Å². The van der Waals surface area contributed by atoms with Crippen molar-refractivity contribution in [3.05, 3.63) is 34.6 Å². The van der Waals surface area contributed by atoms with E-state index in [0.29, 0.717) is 6.54 Å². The van der Waals surface area contributed by atoms with E-state index in [2.05, 4.69) is 15.5 Å². The van der Waals surface area contributed by atoms with Gasteiger partial charge in [-0.05, 0) is 25.1 Å². The van der Waals surface area contributed by atoms with Crippen molar-refractivity contribution < 1.29 is 9.18 Å². The SMILES string of the molecule is O=C(NCCCN1CCNCC1)c1cccc(Cl)c1F. The summed E-state index contributed by atoms with van der Waals surface area (Å²) in [5.41, 5.74) is -0.000303. The summed E-state index contributed by atoms with van der Waals surface area (Å²) >= 11 is 5.65. The van der Waals surface area contributed by atoms with Crippen LogP contribution in [0.15, 0.2) is 18.2 Å².